The number of ketones is 2. The van der Waals surface area contributed by atoms with Crippen LogP contribution in [-0.2, 0) is 22.7 Å². The molecule has 2 aliphatic carbocycles. The highest BCUT2D eigenvalue weighted by atomic mass is 127. The third kappa shape index (κ3) is 6.29. The SMILES string of the molecule is COc1cc(C2C3=C(CC(C)(C)CC3=O)N(Cc3ccccc3)C3=C2C(=O)CC(C)(C)C3)cc(I)c1OCc1ccc(C)c(C)c1. The number of rotatable bonds is 7. The van der Waals surface area contributed by atoms with Crippen molar-refractivity contribution >= 4 is 34.2 Å². The van der Waals surface area contributed by atoms with Crippen LogP contribution in [0.4, 0.5) is 0 Å². The second-order valence-corrected chi connectivity index (χ2v) is 16.0. The molecule has 0 bridgehead atoms. The van der Waals surface area contributed by atoms with Gasteiger partial charge in [0.25, 0.3) is 0 Å². The molecule has 0 saturated carbocycles. The Balaban J connectivity index is 1.49. The van der Waals surface area contributed by atoms with Crippen LogP contribution in [0.1, 0.15) is 87.1 Å². The maximum atomic E-state index is 14.3. The Kier molecular flexibility index (Phi) is 8.72. The summed E-state index contributed by atoms with van der Waals surface area (Å²) in [6.45, 7) is 14.0. The molecule has 0 unspecified atom stereocenters. The topological polar surface area (TPSA) is 55.8 Å². The van der Waals surface area contributed by atoms with Gasteiger partial charge in [-0.1, -0.05) is 76.2 Å². The molecule has 1 heterocycles. The summed E-state index contributed by atoms with van der Waals surface area (Å²) in [6.07, 6.45) is 2.45. The van der Waals surface area contributed by atoms with Crippen LogP contribution in [0.5, 0.6) is 11.5 Å². The van der Waals surface area contributed by atoms with Gasteiger partial charge < -0.3 is 14.4 Å². The molecular formula is C40H44INO4. The molecule has 0 spiro atoms. The molecule has 3 aromatic carbocycles. The van der Waals surface area contributed by atoms with Gasteiger partial charge in [-0.05, 0) is 100 Å². The van der Waals surface area contributed by atoms with Crippen molar-refractivity contribution in [2.75, 3.05) is 7.11 Å². The first-order chi connectivity index (χ1) is 21.8. The van der Waals surface area contributed by atoms with Crippen molar-refractivity contribution < 1.29 is 19.1 Å². The molecule has 0 fully saturated rings. The summed E-state index contributed by atoms with van der Waals surface area (Å²) >= 11 is 2.30. The quantitative estimate of drug-likeness (QED) is 0.227. The molecule has 3 aromatic rings. The summed E-state index contributed by atoms with van der Waals surface area (Å²) in [5, 5.41) is 0. The van der Waals surface area contributed by atoms with E-state index in [-0.39, 0.29) is 22.4 Å². The average Bonchev–Trinajstić information content (AvgIpc) is 2.98. The Morgan fingerprint density at radius 3 is 1.96 bits per heavy atom. The van der Waals surface area contributed by atoms with Crippen molar-refractivity contribution in [2.24, 2.45) is 10.8 Å². The van der Waals surface area contributed by atoms with Gasteiger partial charge in [0, 0.05) is 47.8 Å². The lowest BCUT2D eigenvalue weighted by atomic mass is 9.63. The molecule has 0 radical (unpaired) electrons. The van der Waals surface area contributed by atoms with Crippen LogP contribution in [0, 0.1) is 28.2 Å². The Bertz CT molecular complexity index is 1730. The Morgan fingerprint density at radius 1 is 0.783 bits per heavy atom. The van der Waals surface area contributed by atoms with Gasteiger partial charge in [-0.2, -0.15) is 0 Å². The zero-order valence-electron chi connectivity index (χ0n) is 28.1. The largest absolute Gasteiger partial charge is 0.493 e. The first-order valence-corrected chi connectivity index (χ1v) is 17.2. The number of allylic oxidation sites excluding steroid dienone is 4. The monoisotopic (exact) mass is 729 g/mol. The molecule has 0 saturated heterocycles. The molecule has 6 heteroatoms. The van der Waals surface area contributed by atoms with Gasteiger partial charge in [0.2, 0.25) is 0 Å². The van der Waals surface area contributed by atoms with Gasteiger partial charge in [0.1, 0.15) is 6.61 Å². The Hall–Kier alpha value is -3.39. The van der Waals surface area contributed by atoms with Crippen LogP contribution < -0.4 is 9.47 Å². The summed E-state index contributed by atoms with van der Waals surface area (Å²) in [5.41, 5.74) is 8.92. The minimum atomic E-state index is -0.444. The van der Waals surface area contributed by atoms with E-state index >= 15 is 0 Å². The lowest BCUT2D eigenvalue weighted by molar-refractivity contribution is -0.119. The second kappa shape index (κ2) is 12.3. The molecule has 0 atom stereocenters. The molecule has 3 aliphatic rings. The molecule has 0 N–H and O–H groups in total. The standard InChI is InChI=1S/C40H44INO4/c1-24-13-14-27(15-25(24)2)23-46-38-29(41)16-28(17-34(38)45-7)35-36-30(18-39(3,4)20-32(36)43)42(22-26-11-9-8-10-12-26)31-19-40(5,6)21-33(44)37(31)35/h8-17,35H,18-23H2,1-7H3. The highest BCUT2D eigenvalue weighted by Crippen LogP contribution is 2.55. The van der Waals surface area contributed by atoms with E-state index < -0.39 is 5.92 Å². The highest BCUT2D eigenvalue weighted by molar-refractivity contribution is 14.1. The summed E-state index contributed by atoms with van der Waals surface area (Å²) in [6, 6.07) is 20.8. The van der Waals surface area contributed by atoms with E-state index in [1.54, 1.807) is 7.11 Å². The Labute approximate surface area is 287 Å². The third-order valence-electron chi connectivity index (χ3n) is 9.74. The summed E-state index contributed by atoms with van der Waals surface area (Å²) in [5.74, 6) is 1.08. The number of halogens is 1. The van der Waals surface area contributed by atoms with E-state index in [2.05, 4.69) is 118 Å². The van der Waals surface area contributed by atoms with Crippen LogP contribution in [0.2, 0.25) is 0 Å². The number of benzene rings is 3. The number of hydrogen-bond acceptors (Lipinski definition) is 5. The van der Waals surface area contributed by atoms with Crippen molar-refractivity contribution in [1.82, 2.24) is 4.90 Å². The van der Waals surface area contributed by atoms with Gasteiger partial charge >= 0.3 is 0 Å². The molecule has 240 valence electrons. The maximum absolute atomic E-state index is 14.3. The van der Waals surface area contributed by atoms with E-state index in [1.165, 1.54) is 11.1 Å². The number of carbonyl (C=O) groups is 2. The van der Waals surface area contributed by atoms with Gasteiger partial charge in [-0.15, -0.1) is 0 Å². The number of methoxy groups -OCH3 is 1. The lowest BCUT2D eigenvalue weighted by Gasteiger charge is -2.49. The van der Waals surface area contributed by atoms with Crippen LogP contribution in [0.3, 0.4) is 0 Å². The number of nitrogens with zero attached hydrogens (tertiary/aromatic N) is 1. The van der Waals surface area contributed by atoms with E-state index in [9.17, 15) is 9.59 Å². The molecule has 0 aromatic heterocycles. The normalized spacial score (nSPS) is 19.3. The van der Waals surface area contributed by atoms with Crippen LogP contribution in [0.15, 0.2) is 83.2 Å². The third-order valence-corrected chi connectivity index (χ3v) is 10.5. The Morgan fingerprint density at radius 2 is 1.39 bits per heavy atom. The summed E-state index contributed by atoms with van der Waals surface area (Å²) < 4.78 is 13.2. The fraction of sp³-hybridized carbons (Fsp3) is 0.400. The average molecular weight is 730 g/mol. The second-order valence-electron chi connectivity index (χ2n) is 14.8. The van der Waals surface area contributed by atoms with Crippen LogP contribution in [-0.4, -0.2) is 23.6 Å². The lowest BCUT2D eigenvalue weighted by Crippen LogP contribution is -2.44. The minimum absolute atomic E-state index is 0.127. The fourth-order valence-electron chi connectivity index (χ4n) is 7.43. The van der Waals surface area contributed by atoms with Crippen molar-refractivity contribution in [3.63, 3.8) is 0 Å². The van der Waals surface area contributed by atoms with Crippen LogP contribution >= 0.6 is 22.6 Å². The molecule has 0 amide bonds. The van der Waals surface area contributed by atoms with Crippen molar-refractivity contribution in [3.05, 3.63) is 115 Å². The molecular weight excluding hydrogens is 685 g/mol. The summed E-state index contributed by atoms with van der Waals surface area (Å²) in [7, 11) is 1.65. The zero-order valence-corrected chi connectivity index (χ0v) is 30.2. The number of hydrogen-bond donors (Lipinski definition) is 0. The van der Waals surface area contributed by atoms with E-state index in [1.807, 2.05) is 12.1 Å². The smallest absolute Gasteiger partial charge is 0.174 e. The number of aryl methyl sites for hydroxylation is 2. The zero-order chi connectivity index (χ0) is 33.0. The van der Waals surface area contributed by atoms with E-state index in [0.29, 0.717) is 37.5 Å². The molecule has 6 rings (SSSR count). The first-order valence-electron chi connectivity index (χ1n) is 16.2. The minimum Gasteiger partial charge on any atom is -0.493 e. The van der Waals surface area contributed by atoms with E-state index in [0.717, 1.165) is 55.6 Å². The van der Waals surface area contributed by atoms with Crippen molar-refractivity contribution in [1.29, 1.82) is 0 Å². The number of carbonyl (C=O) groups excluding carboxylic acids is 2. The predicted octanol–water partition coefficient (Wildman–Crippen LogP) is 9.38. The predicted molar refractivity (Wildman–Crippen MR) is 191 cm³/mol. The summed E-state index contributed by atoms with van der Waals surface area (Å²) in [4.78, 5) is 30.9. The number of ether oxygens (including phenoxy) is 2. The van der Waals surface area contributed by atoms with Gasteiger partial charge in [-0.25, -0.2) is 0 Å². The van der Waals surface area contributed by atoms with Crippen molar-refractivity contribution in [2.45, 2.75) is 86.3 Å². The van der Waals surface area contributed by atoms with Crippen molar-refractivity contribution in [3.8, 4) is 11.5 Å². The maximum Gasteiger partial charge on any atom is 0.174 e. The number of Topliss-reactive ketones (excluding diaryl/α,β-unsaturated/α-hetero) is 2. The molecule has 46 heavy (non-hydrogen) atoms. The van der Waals surface area contributed by atoms with Gasteiger partial charge in [0.15, 0.2) is 23.1 Å². The highest BCUT2D eigenvalue weighted by Gasteiger charge is 2.49. The van der Waals surface area contributed by atoms with Crippen LogP contribution in [0.25, 0.3) is 0 Å². The first kappa shape index (κ1) is 32.5. The molecule has 1 aliphatic heterocycles. The van der Waals surface area contributed by atoms with Gasteiger partial charge in [0.05, 0.1) is 10.7 Å². The van der Waals surface area contributed by atoms with E-state index in [4.69, 9.17) is 9.47 Å². The molecule has 5 nitrogen and oxygen atoms in total. The van der Waals surface area contributed by atoms with Gasteiger partial charge in [-0.3, -0.25) is 9.59 Å². The fourth-order valence-corrected chi connectivity index (χ4v) is 8.21.